The second kappa shape index (κ2) is 4.79. The molecule has 1 unspecified atom stereocenters. The first kappa shape index (κ1) is 12.4. The molecular weight excluding hydrogens is 264 g/mol. The minimum Gasteiger partial charge on any atom is -0.478 e. The third-order valence-corrected chi connectivity index (χ3v) is 3.74. The maximum atomic E-state index is 11.4. The number of hydrogen-bond donors (Lipinski definition) is 2. The molecule has 0 radical (unpaired) electrons. The molecule has 1 aromatic carbocycles. The number of aromatic carboxylic acids is 1. The Balaban J connectivity index is 2.21. The van der Waals surface area contributed by atoms with Crippen molar-refractivity contribution in [3.05, 3.63) is 40.5 Å². The summed E-state index contributed by atoms with van der Waals surface area (Å²) in [6.45, 7) is 1.79. The van der Waals surface area contributed by atoms with E-state index in [0.29, 0.717) is 21.5 Å². The number of fused-ring (bicyclic) bond motifs is 1. The van der Waals surface area contributed by atoms with Crippen LogP contribution in [0.5, 0.6) is 0 Å². The molecule has 0 saturated carbocycles. The Kier molecular flexibility index (Phi) is 3.12. The Labute approximate surface area is 115 Å². The lowest BCUT2D eigenvalue weighted by molar-refractivity contribution is 0.0699. The molecule has 1 aromatic heterocycles. The normalized spacial score (nSPS) is 18.9. The number of benzene rings is 1. The molecule has 1 atom stereocenters. The Morgan fingerprint density at radius 2 is 2.26 bits per heavy atom. The van der Waals surface area contributed by atoms with E-state index >= 15 is 0 Å². The molecule has 4 nitrogen and oxygen atoms in total. The van der Waals surface area contributed by atoms with Crippen LogP contribution in [0.25, 0.3) is 10.9 Å². The minimum absolute atomic E-state index is 0.279. The van der Waals surface area contributed by atoms with Gasteiger partial charge in [-0.05, 0) is 31.2 Å². The SMILES string of the molecule is O=C(O)c1cc(C2CCNC2)nc2cc(Cl)ccc12. The number of rotatable bonds is 2. The van der Waals surface area contributed by atoms with Crippen LogP contribution in [0.3, 0.4) is 0 Å². The molecule has 2 N–H and O–H groups in total. The lowest BCUT2D eigenvalue weighted by atomic mass is 9.99. The van der Waals surface area contributed by atoms with Gasteiger partial charge in [0.05, 0.1) is 11.1 Å². The lowest BCUT2D eigenvalue weighted by Gasteiger charge is -2.11. The summed E-state index contributed by atoms with van der Waals surface area (Å²) in [6.07, 6.45) is 0.984. The Bertz CT molecular complexity index is 651. The van der Waals surface area contributed by atoms with Crippen LogP contribution in [-0.2, 0) is 0 Å². The van der Waals surface area contributed by atoms with Crippen LogP contribution in [0.4, 0.5) is 0 Å². The van der Waals surface area contributed by atoms with Crippen LogP contribution < -0.4 is 5.32 Å². The third kappa shape index (κ3) is 2.29. The van der Waals surface area contributed by atoms with Crippen molar-refractivity contribution in [1.82, 2.24) is 10.3 Å². The van der Waals surface area contributed by atoms with Gasteiger partial charge in [-0.3, -0.25) is 4.98 Å². The average Bonchev–Trinajstić information content (AvgIpc) is 2.90. The average molecular weight is 277 g/mol. The summed E-state index contributed by atoms with van der Waals surface area (Å²) < 4.78 is 0. The van der Waals surface area contributed by atoms with E-state index in [9.17, 15) is 9.90 Å². The highest BCUT2D eigenvalue weighted by Gasteiger charge is 2.21. The van der Waals surface area contributed by atoms with E-state index < -0.39 is 5.97 Å². The smallest absolute Gasteiger partial charge is 0.336 e. The highest BCUT2D eigenvalue weighted by molar-refractivity contribution is 6.31. The molecular formula is C14H13ClN2O2. The molecule has 2 aromatic rings. The first-order chi connectivity index (χ1) is 9.15. The molecule has 3 rings (SSSR count). The highest BCUT2D eigenvalue weighted by atomic mass is 35.5. The van der Waals surface area contributed by atoms with Crippen molar-refractivity contribution in [1.29, 1.82) is 0 Å². The summed E-state index contributed by atoms with van der Waals surface area (Å²) in [5, 5.41) is 13.8. The zero-order chi connectivity index (χ0) is 13.4. The van der Waals surface area contributed by atoms with Gasteiger partial charge in [-0.1, -0.05) is 17.7 Å². The van der Waals surface area contributed by atoms with Gasteiger partial charge in [-0.15, -0.1) is 0 Å². The maximum Gasteiger partial charge on any atom is 0.336 e. The number of carbonyl (C=O) groups is 1. The molecule has 0 spiro atoms. The van der Waals surface area contributed by atoms with E-state index in [0.717, 1.165) is 25.2 Å². The topological polar surface area (TPSA) is 62.2 Å². The highest BCUT2D eigenvalue weighted by Crippen LogP contribution is 2.27. The van der Waals surface area contributed by atoms with E-state index in [1.54, 1.807) is 24.3 Å². The van der Waals surface area contributed by atoms with Crippen molar-refractivity contribution in [2.75, 3.05) is 13.1 Å². The van der Waals surface area contributed by atoms with Gasteiger partial charge in [0.15, 0.2) is 0 Å². The van der Waals surface area contributed by atoms with Crippen LogP contribution in [-0.4, -0.2) is 29.1 Å². The van der Waals surface area contributed by atoms with E-state index in [1.807, 2.05) is 0 Å². The summed E-state index contributed by atoms with van der Waals surface area (Å²) in [4.78, 5) is 16.0. The monoisotopic (exact) mass is 276 g/mol. The van der Waals surface area contributed by atoms with Crippen molar-refractivity contribution in [2.24, 2.45) is 0 Å². The Hall–Kier alpha value is -1.65. The van der Waals surface area contributed by atoms with Crippen LogP contribution in [0, 0.1) is 0 Å². The second-order valence-electron chi connectivity index (χ2n) is 4.75. The summed E-state index contributed by atoms with van der Waals surface area (Å²) in [5.74, 6) is -0.650. The van der Waals surface area contributed by atoms with Gasteiger partial charge in [-0.2, -0.15) is 0 Å². The lowest BCUT2D eigenvalue weighted by Crippen LogP contribution is -2.10. The minimum atomic E-state index is -0.929. The van der Waals surface area contributed by atoms with Gasteiger partial charge in [0, 0.05) is 28.6 Å². The van der Waals surface area contributed by atoms with Gasteiger partial charge in [0.2, 0.25) is 0 Å². The van der Waals surface area contributed by atoms with Gasteiger partial charge in [-0.25, -0.2) is 4.79 Å². The van der Waals surface area contributed by atoms with Gasteiger partial charge in [0.25, 0.3) is 0 Å². The molecule has 5 heteroatoms. The van der Waals surface area contributed by atoms with Crippen molar-refractivity contribution in [3.8, 4) is 0 Å². The van der Waals surface area contributed by atoms with Gasteiger partial charge >= 0.3 is 5.97 Å². The van der Waals surface area contributed by atoms with E-state index in [4.69, 9.17) is 11.6 Å². The fraction of sp³-hybridized carbons (Fsp3) is 0.286. The van der Waals surface area contributed by atoms with Crippen LogP contribution in [0.1, 0.15) is 28.4 Å². The van der Waals surface area contributed by atoms with E-state index in [1.165, 1.54) is 0 Å². The molecule has 1 saturated heterocycles. The first-order valence-electron chi connectivity index (χ1n) is 6.19. The molecule has 1 fully saturated rings. The number of halogens is 1. The molecule has 1 aliphatic heterocycles. The van der Waals surface area contributed by atoms with Crippen LogP contribution in [0.15, 0.2) is 24.3 Å². The van der Waals surface area contributed by atoms with E-state index in [2.05, 4.69) is 10.3 Å². The van der Waals surface area contributed by atoms with E-state index in [-0.39, 0.29) is 5.92 Å². The number of nitrogens with one attached hydrogen (secondary N) is 1. The Morgan fingerprint density at radius 3 is 2.95 bits per heavy atom. The Morgan fingerprint density at radius 1 is 1.42 bits per heavy atom. The fourth-order valence-corrected chi connectivity index (χ4v) is 2.68. The molecule has 0 amide bonds. The molecule has 98 valence electrons. The summed E-state index contributed by atoms with van der Waals surface area (Å²) >= 11 is 5.96. The molecule has 19 heavy (non-hydrogen) atoms. The summed E-state index contributed by atoms with van der Waals surface area (Å²) in [7, 11) is 0. The fourth-order valence-electron chi connectivity index (χ4n) is 2.52. The first-order valence-corrected chi connectivity index (χ1v) is 6.57. The largest absolute Gasteiger partial charge is 0.478 e. The molecule has 0 aliphatic carbocycles. The standard InChI is InChI=1S/C14H13ClN2O2/c15-9-1-2-10-11(14(18)19)6-12(17-13(10)5-9)8-3-4-16-7-8/h1-2,5-6,8,16H,3-4,7H2,(H,18,19). The summed E-state index contributed by atoms with van der Waals surface area (Å²) in [6, 6.07) is 6.81. The number of pyridine rings is 1. The zero-order valence-electron chi connectivity index (χ0n) is 10.2. The van der Waals surface area contributed by atoms with Crippen molar-refractivity contribution in [3.63, 3.8) is 0 Å². The van der Waals surface area contributed by atoms with Crippen molar-refractivity contribution in [2.45, 2.75) is 12.3 Å². The zero-order valence-corrected chi connectivity index (χ0v) is 10.9. The van der Waals surface area contributed by atoms with Gasteiger partial charge in [0.1, 0.15) is 0 Å². The molecule has 1 aliphatic rings. The predicted molar refractivity (Wildman–Crippen MR) is 73.9 cm³/mol. The number of hydrogen-bond acceptors (Lipinski definition) is 3. The van der Waals surface area contributed by atoms with Crippen LogP contribution in [0.2, 0.25) is 5.02 Å². The third-order valence-electron chi connectivity index (χ3n) is 3.50. The predicted octanol–water partition coefficient (Wildman–Crippen LogP) is 2.66. The molecule has 0 bridgehead atoms. The molecule has 2 heterocycles. The quantitative estimate of drug-likeness (QED) is 0.885. The second-order valence-corrected chi connectivity index (χ2v) is 5.19. The number of carboxylic acid groups (broad SMARTS) is 1. The number of nitrogens with zero attached hydrogens (tertiary/aromatic N) is 1. The number of carboxylic acids is 1. The maximum absolute atomic E-state index is 11.4. The van der Waals surface area contributed by atoms with Crippen molar-refractivity contribution < 1.29 is 9.90 Å². The summed E-state index contributed by atoms with van der Waals surface area (Å²) in [5.41, 5.74) is 1.77. The van der Waals surface area contributed by atoms with Gasteiger partial charge < -0.3 is 10.4 Å². The van der Waals surface area contributed by atoms with Crippen LogP contribution >= 0.6 is 11.6 Å². The van der Waals surface area contributed by atoms with Crippen molar-refractivity contribution >= 4 is 28.5 Å². The number of aromatic nitrogens is 1.